The average Bonchev–Trinajstić information content (AvgIpc) is 3.31. The van der Waals surface area contributed by atoms with Gasteiger partial charge in [-0.15, -0.1) is 0 Å². The Balaban J connectivity index is 1.37. The second kappa shape index (κ2) is 9.94. The number of aryl methyl sites for hydroxylation is 1. The molecule has 1 saturated heterocycles. The summed E-state index contributed by atoms with van der Waals surface area (Å²) >= 11 is 0. The maximum Gasteiger partial charge on any atom is 0.205 e. The Bertz CT molecular complexity index is 1140. The van der Waals surface area contributed by atoms with E-state index in [1.54, 1.807) is 6.20 Å². The zero-order valence-electron chi connectivity index (χ0n) is 19.2. The Morgan fingerprint density at radius 1 is 1.12 bits per heavy atom. The Morgan fingerprint density at radius 2 is 2.03 bits per heavy atom. The molecule has 5 heterocycles. The average molecular weight is 445 g/mol. The van der Waals surface area contributed by atoms with Gasteiger partial charge in [0.15, 0.2) is 0 Å². The Hall–Kier alpha value is -3.55. The van der Waals surface area contributed by atoms with E-state index < -0.39 is 0 Å². The van der Waals surface area contributed by atoms with E-state index in [1.807, 2.05) is 35.0 Å². The fourth-order valence-electron chi connectivity index (χ4n) is 4.32. The molecule has 0 radical (unpaired) electrons. The van der Waals surface area contributed by atoms with Crippen molar-refractivity contribution in [3.8, 4) is 0 Å². The van der Waals surface area contributed by atoms with E-state index >= 15 is 0 Å². The van der Waals surface area contributed by atoms with Gasteiger partial charge in [0.25, 0.3) is 0 Å². The molecule has 0 amide bonds. The predicted octanol–water partition coefficient (Wildman–Crippen LogP) is 4.21. The Kier molecular flexibility index (Phi) is 6.41. The zero-order chi connectivity index (χ0) is 22.5. The normalized spacial score (nSPS) is 18.5. The van der Waals surface area contributed by atoms with Crippen molar-refractivity contribution in [1.29, 1.82) is 0 Å². The van der Waals surface area contributed by atoms with Crippen LogP contribution in [0.2, 0.25) is 0 Å². The van der Waals surface area contributed by atoms with E-state index in [2.05, 4.69) is 51.0 Å². The minimum absolute atomic E-state index is 0.202. The summed E-state index contributed by atoms with van der Waals surface area (Å²) < 4.78 is 2.00. The third kappa shape index (κ3) is 5.27. The van der Waals surface area contributed by atoms with Gasteiger partial charge in [-0.2, -0.15) is 0 Å². The summed E-state index contributed by atoms with van der Waals surface area (Å²) in [6.07, 6.45) is 14.7. The van der Waals surface area contributed by atoms with Gasteiger partial charge in [0.1, 0.15) is 23.5 Å². The van der Waals surface area contributed by atoms with Crippen molar-refractivity contribution in [2.45, 2.75) is 51.6 Å². The highest BCUT2D eigenvalue weighted by Gasteiger charge is 2.21. The maximum atomic E-state index is 4.89. The van der Waals surface area contributed by atoms with Crippen LogP contribution in [0.3, 0.4) is 0 Å². The van der Waals surface area contributed by atoms with Crippen LogP contribution in [0.4, 0.5) is 11.5 Å². The fraction of sp³-hybridized carbons (Fsp3) is 0.400. The lowest BCUT2D eigenvalue weighted by Crippen LogP contribution is -2.45. The summed E-state index contributed by atoms with van der Waals surface area (Å²) in [4.78, 5) is 16.5. The molecule has 33 heavy (non-hydrogen) atoms. The molecule has 0 spiro atoms. The number of nitrogens with one attached hydrogen (secondary N) is 3. The molecular weight excluding hydrogens is 412 g/mol. The van der Waals surface area contributed by atoms with Gasteiger partial charge in [-0.1, -0.05) is 19.4 Å². The molecule has 2 aliphatic heterocycles. The van der Waals surface area contributed by atoms with Crippen LogP contribution in [0.5, 0.6) is 0 Å². The molecule has 3 aromatic heterocycles. The lowest BCUT2D eigenvalue weighted by atomic mass is 10.1. The number of aromatic nitrogens is 3. The van der Waals surface area contributed by atoms with Crippen LogP contribution in [-0.4, -0.2) is 44.5 Å². The van der Waals surface area contributed by atoms with E-state index in [1.165, 1.54) is 19.3 Å². The zero-order valence-corrected chi connectivity index (χ0v) is 19.2. The van der Waals surface area contributed by atoms with Crippen LogP contribution in [0.15, 0.2) is 65.8 Å². The van der Waals surface area contributed by atoms with Gasteiger partial charge in [-0.25, -0.2) is 15.0 Å². The predicted molar refractivity (Wildman–Crippen MR) is 133 cm³/mol. The molecule has 5 rings (SSSR count). The number of piperidine rings is 1. The van der Waals surface area contributed by atoms with E-state index in [9.17, 15) is 0 Å². The molecule has 0 aromatic carbocycles. The third-order valence-electron chi connectivity index (χ3n) is 6.08. The molecule has 1 unspecified atom stereocenters. The van der Waals surface area contributed by atoms with Gasteiger partial charge >= 0.3 is 0 Å². The van der Waals surface area contributed by atoms with Crippen molar-refractivity contribution in [1.82, 2.24) is 24.6 Å². The number of pyridine rings is 2. The molecule has 8 heteroatoms. The summed E-state index contributed by atoms with van der Waals surface area (Å²) in [5.41, 5.74) is 3.00. The molecule has 3 N–H and O–H groups in total. The van der Waals surface area contributed by atoms with Gasteiger partial charge in [-0.3, -0.25) is 0 Å². The van der Waals surface area contributed by atoms with Gasteiger partial charge in [0, 0.05) is 55.2 Å². The molecule has 0 bridgehead atoms. The monoisotopic (exact) mass is 444 g/mol. The first-order valence-electron chi connectivity index (χ1n) is 12.0. The standard InChI is InChI=1S/C25H32N8/c1-2-3-8-19-9-7-10-21(27-19)29-25-30-22(18-24(31-25)32-13-5-4-6-14-32)28-20-11-15-33-16-12-26-23(33)17-20/h7,9-12,15-18,22,28H,2-6,8,13-14H2,1H3,(H2,27,29,30,31). The van der Waals surface area contributed by atoms with Gasteiger partial charge in [-0.05, 0) is 50.3 Å². The minimum Gasteiger partial charge on any atom is -0.360 e. The smallest absolute Gasteiger partial charge is 0.205 e. The quantitative estimate of drug-likeness (QED) is 0.507. The van der Waals surface area contributed by atoms with Crippen molar-refractivity contribution < 1.29 is 0 Å². The number of rotatable bonds is 7. The summed E-state index contributed by atoms with van der Waals surface area (Å²) in [7, 11) is 0. The van der Waals surface area contributed by atoms with Crippen LogP contribution in [0.25, 0.3) is 5.65 Å². The molecule has 0 saturated carbocycles. The Morgan fingerprint density at radius 3 is 2.91 bits per heavy atom. The molecular formula is C25H32N8. The van der Waals surface area contributed by atoms with Crippen molar-refractivity contribution in [3.63, 3.8) is 0 Å². The summed E-state index contributed by atoms with van der Waals surface area (Å²) in [5.74, 6) is 2.61. The molecule has 0 aliphatic carbocycles. The van der Waals surface area contributed by atoms with E-state index in [-0.39, 0.29) is 6.17 Å². The highest BCUT2D eigenvalue weighted by Crippen LogP contribution is 2.19. The van der Waals surface area contributed by atoms with E-state index in [0.717, 1.165) is 61.0 Å². The van der Waals surface area contributed by atoms with Crippen LogP contribution >= 0.6 is 0 Å². The number of hydrogen-bond acceptors (Lipinski definition) is 7. The van der Waals surface area contributed by atoms with Gasteiger partial charge < -0.3 is 25.3 Å². The number of imidazole rings is 1. The first-order chi connectivity index (χ1) is 16.3. The van der Waals surface area contributed by atoms with Crippen molar-refractivity contribution in [2.75, 3.05) is 23.7 Å². The molecule has 1 atom stereocenters. The largest absolute Gasteiger partial charge is 0.360 e. The fourth-order valence-corrected chi connectivity index (χ4v) is 4.32. The highest BCUT2D eigenvalue weighted by atomic mass is 15.3. The SMILES string of the molecule is CCCCc1cccc(NC2=NC(Nc3ccn4ccnc4c3)C=C(N3CCCCC3)N2)n1. The van der Waals surface area contributed by atoms with Crippen molar-refractivity contribution in [3.05, 3.63) is 66.5 Å². The van der Waals surface area contributed by atoms with Crippen molar-refractivity contribution >= 4 is 23.1 Å². The first-order valence-corrected chi connectivity index (χ1v) is 12.0. The maximum absolute atomic E-state index is 4.89. The highest BCUT2D eigenvalue weighted by molar-refractivity contribution is 5.94. The molecule has 1 fully saturated rings. The van der Waals surface area contributed by atoms with Crippen molar-refractivity contribution in [2.24, 2.45) is 4.99 Å². The number of unbranched alkanes of at least 4 members (excludes halogenated alkanes) is 1. The van der Waals surface area contributed by atoms with Gasteiger partial charge in [0.05, 0.1) is 0 Å². The second-order valence-electron chi connectivity index (χ2n) is 8.64. The number of fused-ring (bicyclic) bond motifs is 1. The topological polar surface area (TPSA) is 81.9 Å². The number of anilines is 2. The lowest BCUT2D eigenvalue weighted by molar-refractivity contribution is 0.273. The molecule has 2 aliphatic rings. The van der Waals surface area contributed by atoms with E-state index in [4.69, 9.17) is 9.98 Å². The number of nitrogens with zero attached hydrogens (tertiary/aromatic N) is 5. The van der Waals surface area contributed by atoms with Crippen LogP contribution in [-0.2, 0) is 6.42 Å². The summed E-state index contributed by atoms with van der Waals surface area (Å²) in [6, 6.07) is 10.2. The van der Waals surface area contributed by atoms with Crippen LogP contribution < -0.4 is 16.0 Å². The molecule has 172 valence electrons. The van der Waals surface area contributed by atoms with E-state index in [0.29, 0.717) is 5.96 Å². The lowest BCUT2D eigenvalue weighted by Gasteiger charge is -2.34. The second-order valence-corrected chi connectivity index (χ2v) is 8.64. The van der Waals surface area contributed by atoms with Crippen LogP contribution in [0.1, 0.15) is 44.7 Å². The summed E-state index contributed by atoms with van der Waals surface area (Å²) in [5, 5.41) is 10.5. The van der Waals surface area contributed by atoms with Gasteiger partial charge in [0.2, 0.25) is 5.96 Å². The Labute approximate surface area is 194 Å². The van der Waals surface area contributed by atoms with Crippen LogP contribution in [0, 0.1) is 0 Å². The number of likely N-dealkylation sites (tertiary alicyclic amines) is 1. The number of aliphatic imine (C=N–C) groups is 1. The minimum atomic E-state index is -0.202. The first kappa shape index (κ1) is 21.3. The summed E-state index contributed by atoms with van der Waals surface area (Å²) in [6.45, 7) is 4.32. The molecule has 8 nitrogen and oxygen atoms in total. The third-order valence-corrected chi connectivity index (χ3v) is 6.08. The molecule has 3 aromatic rings. The number of guanidine groups is 1. The number of hydrogen-bond donors (Lipinski definition) is 3.